The molecule has 0 aromatic rings. The fourth-order valence-corrected chi connectivity index (χ4v) is 0. The summed E-state index contributed by atoms with van der Waals surface area (Å²) in [6, 6.07) is -1.67. The van der Waals surface area contributed by atoms with Gasteiger partial charge in [-0.2, -0.15) is 0 Å². The predicted molar refractivity (Wildman–Crippen MR) is 41.8 cm³/mol. The third-order valence-electron chi connectivity index (χ3n) is 0. The zero-order chi connectivity index (χ0) is 11.2. The van der Waals surface area contributed by atoms with Gasteiger partial charge in [-0.25, -0.2) is 9.59 Å². The molecule has 0 aromatic heterocycles. The SMILES string of the molecule is C=O.C=O.NC(N)=O.NC(N)=O. The molecule has 0 saturated carbocycles. The van der Waals surface area contributed by atoms with E-state index in [1.54, 1.807) is 0 Å². The van der Waals surface area contributed by atoms with E-state index in [2.05, 4.69) is 22.9 Å². The number of rotatable bonds is 0. The molecule has 0 atom stereocenters. The molecular formula is C4H12N4O4. The van der Waals surface area contributed by atoms with Gasteiger partial charge in [0.2, 0.25) is 0 Å². The van der Waals surface area contributed by atoms with Gasteiger partial charge in [0, 0.05) is 0 Å². The third-order valence-corrected chi connectivity index (χ3v) is 0. The third kappa shape index (κ3) is 83.0. The zero-order valence-electron chi connectivity index (χ0n) is 6.36. The molecule has 0 aromatic carbocycles. The monoisotopic (exact) mass is 180 g/mol. The molecule has 8 heteroatoms. The molecule has 8 nitrogen and oxygen atoms in total. The Morgan fingerprint density at radius 3 is 0.667 bits per heavy atom. The molecule has 0 rings (SSSR count). The lowest BCUT2D eigenvalue weighted by Gasteiger charge is -1.62. The van der Waals surface area contributed by atoms with Crippen LogP contribution in [0.5, 0.6) is 0 Å². The van der Waals surface area contributed by atoms with Crippen LogP contribution in [-0.2, 0) is 9.59 Å². The van der Waals surface area contributed by atoms with Crippen LogP contribution in [-0.4, -0.2) is 25.6 Å². The first-order valence-electron chi connectivity index (χ1n) is 2.14. The number of urea groups is 2. The Labute approximate surface area is 68.9 Å². The molecule has 0 heterocycles. The number of carbonyl (C=O) groups excluding carboxylic acids is 4. The highest BCUT2D eigenvalue weighted by atomic mass is 16.2. The van der Waals surface area contributed by atoms with Gasteiger partial charge in [-0.3, -0.25) is 0 Å². The molecule has 72 valence electrons. The van der Waals surface area contributed by atoms with Crippen molar-refractivity contribution in [2.24, 2.45) is 22.9 Å². The lowest BCUT2D eigenvalue weighted by molar-refractivity contribution is -0.0987. The standard InChI is InChI=1S/2CH4N2O.2CH2O/c2*2-1(3)4;2*1-2/h2*(H4,2,3,4);2*1H2. The molecule has 0 bridgehead atoms. The van der Waals surface area contributed by atoms with Crippen LogP contribution in [0.15, 0.2) is 0 Å². The summed E-state index contributed by atoms with van der Waals surface area (Å²) >= 11 is 0. The number of amides is 4. The van der Waals surface area contributed by atoms with E-state index in [0.717, 1.165) is 0 Å². The second-order valence-electron chi connectivity index (χ2n) is 0.805. The maximum absolute atomic E-state index is 9.00. The van der Waals surface area contributed by atoms with Gasteiger partial charge in [-0.1, -0.05) is 0 Å². The van der Waals surface area contributed by atoms with Gasteiger partial charge in [0.05, 0.1) is 0 Å². The van der Waals surface area contributed by atoms with Gasteiger partial charge >= 0.3 is 12.1 Å². The summed E-state index contributed by atoms with van der Waals surface area (Å²) in [4.78, 5) is 34.0. The van der Waals surface area contributed by atoms with Gasteiger partial charge in [0.25, 0.3) is 0 Å². The van der Waals surface area contributed by atoms with E-state index in [0.29, 0.717) is 0 Å². The van der Waals surface area contributed by atoms with Crippen molar-refractivity contribution < 1.29 is 19.2 Å². The molecule has 0 spiro atoms. The highest BCUT2D eigenvalue weighted by molar-refractivity contribution is 5.69. The second kappa shape index (κ2) is 36.6. The Bertz CT molecular complexity index is 95.6. The average molecular weight is 180 g/mol. The van der Waals surface area contributed by atoms with E-state index in [1.807, 2.05) is 13.6 Å². The van der Waals surface area contributed by atoms with Crippen molar-refractivity contribution in [1.29, 1.82) is 0 Å². The molecular weight excluding hydrogens is 168 g/mol. The largest absolute Gasteiger partial charge is 0.352 e. The lowest BCUT2D eigenvalue weighted by Crippen LogP contribution is -2.18. The highest BCUT2D eigenvalue weighted by Gasteiger charge is 1.61. The van der Waals surface area contributed by atoms with E-state index in [1.165, 1.54) is 0 Å². The van der Waals surface area contributed by atoms with Gasteiger partial charge in [-0.15, -0.1) is 0 Å². The van der Waals surface area contributed by atoms with Crippen LogP contribution in [0.1, 0.15) is 0 Å². The van der Waals surface area contributed by atoms with E-state index >= 15 is 0 Å². The Balaban J connectivity index is -0.0000000380. The lowest BCUT2D eigenvalue weighted by atomic mass is 11.2. The van der Waals surface area contributed by atoms with Crippen LogP contribution in [0.4, 0.5) is 9.59 Å². The van der Waals surface area contributed by atoms with Gasteiger partial charge < -0.3 is 32.5 Å². The summed E-state index contributed by atoms with van der Waals surface area (Å²) in [6.45, 7) is 4.00. The minimum Gasteiger partial charge on any atom is -0.352 e. The van der Waals surface area contributed by atoms with Crippen molar-refractivity contribution in [1.82, 2.24) is 0 Å². The molecule has 0 fully saturated rings. The van der Waals surface area contributed by atoms with Crippen molar-refractivity contribution >= 4 is 25.6 Å². The Hall–Kier alpha value is -2.12. The van der Waals surface area contributed by atoms with E-state index in [-0.39, 0.29) is 0 Å². The number of primary amides is 4. The van der Waals surface area contributed by atoms with E-state index in [4.69, 9.17) is 19.2 Å². The molecule has 4 amide bonds. The molecule has 0 saturated heterocycles. The fourth-order valence-electron chi connectivity index (χ4n) is 0. The first-order valence-corrected chi connectivity index (χ1v) is 2.14. The summed E-state index contributed by atoms with van der Waals surface area (Å²) in [5.41, 5.74) is 17.0. The Morgan fingerprint density at radius 1 is 0.667 bits per heavy atom. The van der Waals surface area contributed by atoms with Crippen molar-refractivity contribution in [3.63, 3.8) is 0 Å². The van der Waals surface area contributed by atoms with Crippen molar-refractivity contribution in [3.8, 4) is 0 Å². The van der Waals surface area contributed by atoms with Crippen LogP contribution in [0.25, 0.3) is 0 Å². The van der Waals surface area contributed by atoms with Crippen LogP contribution < -0.4 is 22.9 Å². The topological polar surface area (TPSA) is 172 Å². The van der Waals surface area contributed by atoms with Crippen molar-refractivity contribution in [2.75, 3.05) is 0 Å². The normalized spacial score (nSPS) is 4.67. The molecule has 0 aliphatic carbocycles. The maximum atomic E-state index is 9.00. The van der Waals surface area contributed by atoms with Crippen molar-refractivity contribution in [3.05, 3.63) is 0 Å². The van der Waals surface area contributed by atoms with Crippen LogP contribution in [0.3, 0.4) is 0 Å². The smallest absolute Gasteiger partial charge is 0.309 e. The van der Waals surface area contributed by atoms with Gasteiger partial charge in [0.15, 0.2) is 0 Å². The second-order valence-corrected chi connectivity index (χ2v) is 0.805. The summed E-state index contributed by atoms with van der Waals surface area (Å²) in [5.74, 6) is 0. The number of carbonyl (C=O) groups is 4. The maximum Gasteiger partial charge on any atom is 0.309 e. The molecule has 12 heavy (non-hydrogen) atoms. The van der Waals surface area contributed by atoms with Crippen LogP contribution >= 0.6 is 0 Å². The quantitative estimate of drug-likeness (QED) is 0.327. The minimum atomic E-state index is -0.833. The summed E-state index contributed by atoms with van der Waals surface area (Å²) in [7, 11) is 0. The highest BCUT2D eigenvalue weighted by Crippen LogP contribution is 1.26. The van der Waals surface area contributed by atoms with Crippen LogP contribution in [0, 0.1) is 0 Å². The Morgan fingerprint density at radius 2 is 0.667 bits per heavy atom. The van der Waals surface area contributed by atoms with Crippen LogP contribution in [0.2, 0.25) is 0 Å². The zero-order valence-corrected chi connectivity index (χ0v) is 6.36. The fraction of sp³-hybridized carbons (Fsp3) is 0. The first kappa shape index (κ1) is 22.5. The molecule has 8 N–H and O–H groups in total. The first-order chi connectivity index (χ1) is 5.46. The molecule has 0 unspecified atom stereocenters. The number of hydrogen-bond donors (Lipinski definition) is 4. The summed E-state index contributed by atoms with van der Waals surface area (Å²) in [5, 5.41) is 0. The molecule has 0 aliphatic heterocycles. The molecule has 0 radical (unpaired) electrons. The molecule has 0 aliphatic rings. The average Bonchev–Trinajstić information content (AvgIpc) is 1.93. The minimum absolute atomic E-state index is 0.833. The predicted octanol–water partition coefficient (Wildman–Crippen LogP) is -2.32. The number of nitrogens with two attached hydrogens (primary N) is 4. The summed E-state index contributed by atoms with van der Waals surface area (Å²) in [6.07, 6.45) is 0. The van der Waals surface area contributed by atoms with Crippen molar-refractivity contribution in [2.45, 2.75) is 0 Å². The summed E-state index contributed by atoms with van der Waals surface area (Å²) < 4.78 is 0. The van der Waals surface area contributed by atoms with Gasteiger partial charge in [-0.05, 0) is 0 Å². The Kier molecular flexibility index (Phi) is 68.8. The number of hydrogen-bond acceptors (Lipinski definition) is 4. The van der Waals surface area contributed by atoms with E-state index in [9.17, 15) is 0 Å². The van der Waals surface area contributed by atoms with E-state index < -0.39 is 12.1 Å². The van der Waals surface area contributed by atoms with Gasteiger partial charge in [0.1, 0.15) is 13.6 Å².